The molecule has 0 aliphatic heterocycles. The molecular weight excluding hydrogens is 381 g/mol. The molecule has 0 fully saturated rings. The van der Waals surface area contributed by atoms with Crippen LogP contribution in [0.15, 0.2) is 18.5 Å². The standard InChI is InChI=1S/C15H18ClF3N2O3S/c1-4-13(8(2)9(3)25(22,23)24)21-7-20-12-5-10(15(17,18)19)11(16)6-14(12)21/h5-9,13H,4H2,1-3H3,(H,22,23,24)/p+1. The number of rotatable bonds is 5. The average Bonchev–Trinajstić information content (AvgIpc) is 2.87. The van der Waals surface area contributed by atoms with Crippen LogP contribution >= 0.6 is 11.6 Å². The predicted octanol–water partition coefficient (Wildman–Crippen LogP) is 3.99. The Kier molecular flexibility index (Phi) is 5.42. The van der Waals surface area contributed by atoms with Gasteiger partial charge in [-0.15, -0.1) is 0 Å². The van der Waals surface area contributed by atoms with E-state index in [2.05, 4.69) is 4.98 Å². The fourth-order valence-corrected chi connectivity index (χ4v) is 3.99. The van der Waals surface area contributed by atoms with Gasteiger partial charge in [0, 0.05) is 18.1 Å². The summed E-state index contributed by atoms with van der Waals surface area (Å²) < 4.78 is 72.7. The lowest BCUT2D eigenvalue weighted by molar-refractivity contribution is -0.705. The van der Waals surface area contributed by atoms with E-state index in [4.69, 9.17) is 11.6 Å². The van der Waals surface area contributed by atoms with Gasteiger partial charge in [-0.3, -0.25) is 4.55 Å². The van der Waals surface area contributed by atoms with E-state index < -0.39 is 38.0 Å². The third-order valence-corrected chi connectivity index (χ3v) is 6.30. The highest BCUT2D eigenvalue weighted by Crippen LogP contribution is 2.36. The molecule has 0 aliphatic carbocycles. The first kappa shape index (κ1) is 20.0. The summed E-state index contributed by atoms with van der Waals surface area (Å²) in [5.74, 6) is -0.481. The van der Waals surface area contributed by atoms with Crippen LogP contribution in [0.25, 0.3) is 11.0 Å². The lowest BCUT2D eigenvalue weighted by atomic mass is 9.96. The number of alkyl halides is 3. The van der Waals surface area contributed by atoms with E-state index in [1.807, 2.05) is 6.92 Å². The first-order valence-corrected chi connectivity index (χ1v) is 9.51. The fraction of sp³-hybridized carbons (Fsp3) is 0.533. The molecule has 2 N–H and O–H groups in total. The quantitative estimate of drug-likeness (QED) is 0.589. The Morgan fingerprint density at radius 1 is 1.32 bits per heavy atom. The number of nitrogens with one attached hydrogen (secondary N) is 1. The Bertz CT molecular complexity index is 880. The second-order valence-electron chi connectivity index (χ2n) is 6.08. The zero-order valence-electron chi connectivity index (χ0n) is 13.8. The van der Waals surface area contributed by atoms with Crippen molar-refractivity contribution in [2.45, 2.75) is 44.7 Å². The molecule has 0 radical (unpaired) electrons. The molecule has 10 heteroatoms. The second kappa shape index (κ2) is 6.77. The zero-order valence-corrected chi connectivity index (χ0v) is 15.4. The molecule has 0 saturated heterocycles. The number of aromatic nitrogens is 2. The van der Waals surface area contributed by atoms with E-state index in [1.165, 1.54) is 19.3 Å². The molecule has 0 aliphatic rings. The smallest absolute Gasteiger partial charge is 0.285 e. The number of halogens is 4. The predicted molar refractivity (Wildman–Crippen MR) is 88.0 cm³/mol. The van der Waals surface area contributed by atoms with Crippen LogP contribution in [-0.4, -0.2) is 23.2 Å². The average molecular weight is 400 g/mol. The molecule has 5 nitrogen and oxygen atoms in total. The van der Waals surface area contributed by atoms with Crippen molar-refractivity contribution in [3.8, 4) is 0 Å². The normalized spacial score (nSPS) is 16.8. The summed E-state index contributed by atoms with van der Waals surface area (Å²) in [6.07, 6.45) is -2.57. The number of hydrogen-bond donors (Lipinski definition) is 2. The highest BCUT2D eigenvalue weighted by molar-refractivity contribution is 7.86. The number of nitrogens with zero attached hydrogens (tertiary/aromatic N) is 1. The van der Waals surface area contributed by atoms with Gasteiger partial charge in [-0.2, -0.15) is 21.6 Å². The lowest BCUT2D eigenvalue weighted by Gasteiger charge is -2.24. The molecule has 2 aromatic rings. The van der Waals surface area contributed by atoms with Crippen molar-refractivity contribution >= 4 is 32.8 Å². The molecule has 2 rings (SSSR count). The summed E-state index contributed by atoms with van der Waals surface area (Å²) in [6, 6.07) is 1.78. The van der Waals surface area contributed by atoms with Gasteiger partial charge in [-0.1, -0.05) is 25.4 Å². The number of benzene rings is 1. The molecule has 0 saturated carbocycles. The van der Waals surface area contributed by atoms with E-state index in [9.17, 15) is 26.1 Å². The molecule has 1 heterocycles. The maximum atomic E-state index is 13.0. The molecule has 0 spiro atoms. The molecule has 1 aromatic carbocycles. The Labute approximate surface area is 148 Å². The van der Waals surface area contributed by atoms with Crippen molar-refractivity contribution in [1.82, 2.24) is 4.98 Å². The van der Waals surface area contributed by atoms with Crippen LogP contribution < -0.4 is 4.57 Å². The van der Waals surface area contributed by atoms with Crippen molar-refractivity contribution in [3.05, 3.63) is 29.0 Å². The molecule has 3 atom stereocenters. The molecule has 1 aromatic heterocycles. The van der Waals surface area contributed by atoms with E-state index in [0.29, 0.717) is 11.9 Å². The summed E-state index contributed by atoms with van der Waals surface area (Å²) >= 11 is 5.80. The number of fused-ring (bicyclic) bond motifs is 1. The van der Waals surface area contributed by atoms with E-state index >= 15 is 0 Å². The van der Waals surface area contributed by atoms with Crippen molar-refractivity contribution in [2.75, 3.05) is 0 Å². The minimum absolute atomic E-state index is 0.238. The summed E-state index contributed by atoms with van der Waals surface area (Å²) in [5, 5.41) is -1.46. The number of imidazole rings is 1. The van der Waals surface area contributed by atoms with Gasteiger partial charge < -0.3 is 0 Å². The second-order valence-corrected chi connectivity index (χ2v) is 8.26. The first-order valence-electron chi connectivity index (χ1n) is 7.63. The van der Waals surface area contributed by atoms with Crippen LogP contribution in [0.5, 0.6) is 0 Å². The van der Waals surface area contributed by atoms with Crippen LogP contribution in [0, 0.1) is 5.92 Å². The van der Waals surface area contributed by atoms with Gasteiger partial charge in [-0.25, -0.2) is 9.55 Å². The summed E-state index contributed by atoms with van der Waals surface area (Å²) in [4.78, 5) is 2.77. The summed E-state index contributed by atoms with van der Waals surface area (Å²) in [6.45, 7) is 4.90. The van der Waals surface area contributed by atoms with Gasteiger partial charge >= 0.3 is 6.18 Å². The topological polar surface area (TPSA) is 74.0 Å². The Morgan fingerprint density at radius 3 is 2.40 bits per heavy atom. The van der Waals surface area contributed by atoms with E-state index in [0.717, 1.165) is 6.07 Å². The largest absolute Gasteiger partial charge is 0.418 e. The van der Waals surface area contributed by atoms with Gasteiger partial charge in [0.15, 0.2) is 11.0 Å². The van der Waals surface area contributed by atoms with Crippen LogP contribution in [0.1, 0.15) is 38.8 Å². The summed E-state index contributed by atoms with van der Waals surface area (Å²) in [7, 11) is -4.23. The number of hydrogen-bond acceptors (Lipinski definition) is 2. The van der Waals surface area contributed by atoms with Crippen molar-refractivity contribution in [3.63, 3.8) is 0 Å². The van der Waals surface area contributed by atoms with Gasteiger partial charge in [0.1, 0.15) is 6.04 Å². The maximum Gasteiger partial charge on any atom is 0.418 e. The van der Waals surface area contributed by atoms with Gasteiger partial charge in [0.05, 0.1) is 15.8 Å². The molecule has 25 heavy (non-hydrogen) atoms. The molecule has 0 bridgehead atoms. The monoisotopic (exact) mass is 399 g/mol. The SMILES string of the molecule is CCC(C(C)C(C)S(=O)(=O)O)[n+]1c[nH]c2cc(C(F)(F)F)c(Cl)cc21. The minimum Gasteiger partial charge on any atom is -0.285 e. The fourth-order valence-electron chi connectivity index (χ4n) is 3.00. The highest BCUT2D eigenvalue weighted by Gasteiger charge is 2.37. The highest BCUT2D eigenvalue weighted by atomic mass is 35.5. The lowest BCUT2D eigenvalue weighted by Crippen LogP contribution is -2.45. The molecule has 3 unspecified atom stereocenters. The van der Waals surface area contributed by atoms with Crippen LogP contribution in [0.4, 0.5) is 13.2 Å². The van der Waals surface area contributed by atoms with Crippen molar-refractivity contribution in [1.29, 1.82) is 0 Å². The maximum absolute atomic E-state index is 13.0. The third kappa shape index (κ3) is 3.93. The van der Waals surface area contributed by atoms with E-state index in [1.54, 1.807) is 11.5 Å². The summed E-state index contributed by atoms with van der Waals surface area (Å²) in [5.41, 5.74) is -0.274. The molecular formula is C15H19ClF3N2O3S+. The first-order chi connectivity index (χ1) is 11.4. The van der Waals surface area contributed by atoms with Crippen LogP contribution in [0.3, 0.4) is 0 Å². The Balaban J connectivity index is 2.55. The zero-order chi connectivity index (χ0) is 19.2. The number of aromatic amines is 1. The van der Waals surface area contributed by atoms with Crippen LogP contribution in [0.2, 0.25) is 5.02 Å². The van der Waals surface area contributed by atoms with Gasteiger partial charge in [-0.05, 0) is 13.3 Å². The van der Waals surface area contributed by atoms with Gasteiger partial charge in [0.2, 0.25) is 6.33 Å². The molecule has 0 amide bonds. The number of H-pyrrole nitrogens is 1. The van der Waals surface area contributed by atoms with Gasteiger partial charge in [0.25, 0.3) is 10.1 Å². The third-order valence-electron chi connectivity index (χ3n) is 4.62. The van der Waals surface area contributed by atoms with Crippen LogP contribution in [-0.2, 0) is 16.3 Å². The Hall–Kier alpha value is -1.32. The van der Waals surface area contributed by atoms with Crippen molar-refractivity contribution < 1.29 is 30.7 Å². The Morgan fingerprint density at radius 2 is 1.92 bits per heavy atom. The van der Waals surface area contributed by atoms with Crippen molar-refractivity contribution in [2.24, 2.45) is 5.92 Å². The minimum atomic E-state index is -4.57. The molecule has 140 valence electrons. The van der Waals surface area contributed by atoms with E-state index in [-0.39, 0.29) is 11.6 Å².